The smallest absolute Gasteiger partial charge is 0.318 e. The van der Waals surface area contributed by atoms with E-state index in [1.807, 2.05) is 35.7 Å². The van der Waals surface area contributed by atoms with Crippen LogP contribution in [-0.4, -0.2) is 35.0 Å². The largest absolute Gasteiger partial charge is 0.467 e. The summed E-state index contributed by atoms with van der Waals surface area (Å²) in [5.74, 6) is 3.98. The molecule has 1 aromatic heterocycles. The number of amides is 2. The van der Waals surface area contributed by atoms with E-state index in [9.17, 15) is 4.79 Å². The topological polar surface area (TPSA) is 45.5 Å². The molecule has 1 aromatic rings. The molecule has 1 atom stereocenters. The average Bonchev–Trinajstić information content (AvgIpc) is 3.18. The van der Waals surface area contributed by atoms with Crippen LogP contribution in [0.1, 0.15) is 44.4 Å². The van der Waals surface area contributed by atoms with Crippen LogP contribution >= 0.6 is 11.8 Å². The minimum Gasteiger partial charge on any atom is -0.467 e. The zero-order valence-electron chi connectivity index (χ0n) is 12.6. The molecular formula is C16H24N2O2S. The van der Waals surface area contributed by atoms with E-state index in [0.29, 0.717) is 12.0 Å². The number of urea groups is 1. The Kier molecular flexibility index (Phi) is 4.78. The van der Waals surface area contributed by atoms with Crippen molar-refractivity contribution in [3.63, 3.8) is 0 Å². The predicted molar refractivity (Wildman–Crippen MR) is 85.4 cm³/mol. The quantitative estimate of drug-likeness (QED) is 0.903. The molecule has 0 spiro atoms. The normalized spacial score (nSPS) is 21.0. The molecule has 1 aliphatic heterocycles. The molecule has 2 fully saturated rings. The van der Waals surface area contributed by atoms with Crippen LogP contribution in [0.4, 0.5) is 4.79 Å². The Balaban J connectivity index is 1.57. The third-order valence-corrected chi connectivity index (χ3v) is 5.48. The van der Waals surface area contributed by atoms with Gasteiger partial charge in [0.15, 0.2) is 0 Å². The van der Waals surface area contributed by atoms with E-state index in [1.165, 1.54) is 24.3 Å². The minimum atomic E-state index is 0.00871. The lowest BCUT2D eigenvalue weighted by atomic mass is 10.0. The maximum Gasteiger partial charge on any atom is 0.318 e. The van der Waals surface area contributed by atoms with Crippen molar-refractivity contribution in [3.05, 3.63) is 24.2 Å². The SMILES string of the molecule is C[C@H](c1ccco1)N(C(=O)NCC1CCSCC1)C1CC1. The maximum absolute atomic E-state index is 12.6. The highest BCUT2D eigenvalue weighted by atomic mass is 32.2. The average molecular weight is 308 g/mol. The molecule has 1 saturated carbocycles. The van der Waals surface area contributed by atoms with Crippen LogP contribution in [0, 0.1) is 5.92 Å². The van der Waals surface area contributed by atoms with Gasteiger partial charge >= 0.3 is 6.03 Å². The van der Waals surface area contributed by atoms with Gasteiger partial charge in [-0.3, -0.25) is 0 Å². The fraction of sp³-hybridized carbons (Fsp3) is 0.688. The lowest BCUT2D eigenvalue weighted by molar-refractivity contribution is 0.164. The Bertz CT molecular complexity index is 453. The van der Waals surface area contributed by atoms with Crippen LogP contribution in [0.15, 0.2) is 22.8 Å². The summed E-state index contributed by atoms with van der Waals surface area (Å²) in [6.07, 6.45) is 6.34. The second-order valence-corrected chi connectivity index (χ2v) is 7.30. The highest BCUT2D eigenvalue weighted by molar-refractivity contribution is 7.99. The van der Waals surface area contributed by atoms with Gasteiger partial charge in [0.2, 0.25) is 0 Å². The van der Waals surface area contributed by atoms with E-state index in [0.717, 1.165) is 25.1 Å². The predicted octanol–water partition coefficient (Wildman–Crippen LogP) is 3.66. The van der Waals surface area contributed by atoms with Gasteiger partial charge in [-0.1, -0.05) is 0 Å². The standard InChI is InChI=1S/C16H24N2O2S/c1-12(15-3-2-8-20-15)18(14-4-5-14)16(19)17-11-13-6-9-21-10-7-13/h2-3,8,12-14H,4-7,9-11H2,1H3,(H,17,19)/t12-/m1/s1. The highest BCUT2D eigenvalue weighted by Crippen LogP contribution is 2.34. The third kappa shape index (κ3) is 3.76. The molecule has 2 aliphatic rings. The third-order valence-electron chi connectivity index (χ3n) is 4.43. The maximum atomic E-state index is 12.6. The minimum absolute atomic E-state index is 0.00871. The summed E-state index contributed by atoms with van der Waals surface area (Å²) in [7, 11) is 0. The number of nitrogens with one attached hydrogen (secondary N) is 1. The Morgan fingerprint density at radius 2 is 2.19 bits per heavy atom. The zero-order chi connectivity index (χ0) is 14.7. The molecular weight excluding hydrogens is 284 g/mol. The van der Waals surface area contributed by atoms with Gasteiger partial charge in [0.1, 0.15) is 5.76 Å². The molecule has 1 aliphatic carbocycles. The summed E-state index contributed by atoms with van der Waals surface area (Å²) in [5, 5.41) is 3.15. The van der Waals surface area contributed by atoms with Crippen molar-refractivity contribution in [2.24, 2.45) is 5.92 Å². The molecule has 5 heteroatoms. The van der Waals surface area contributed by atoms with Crippen LogP contribution < -0.4 is 5.32 Å². The first-order valence-electron chi connectivity index (χ1n) is 7.93. The molecule has 2 heterocycles. The van der Waals surface area contributed by atoms with Crippen molar-refractivity contribution < 1.29 is 9.21 Å². The van der Waals surface area contributed by atoms with Crippen molar-refractivity contribution in [2.45, 2.75) is 44.7 Å². The summed E-state index contributed by atoms with van der Waals surface area (Å²) < 4.78 is 5.47. The number of carbonyl (C=O) groups is 1. The Labute approximate surface area is 130 Å². The van der Waals surface area contributed by atoms with Gasteiger partial charge in [-0.15, -0.1) is 0 Å². The second-order valence-electron chi connectivity index (χ2n) is 6.07. The van der Waals surface area contributed by atoms with E-state index in [1.54, 1.807) is 6.26 Å². The van der Waals surface area contributed by atoms with Crippen molar-refractivity contribution >= 4 is 17.8 Å². The number of rotatable bonds is 5. The molecule has 0 aromatic carbocycles. The first-order chi connectivity index (χ1) is 10.3. The number of hydrogen-bond donors (Lipinski definition) is 1. The highest BCUT2D eigenvalue weighted by Gasteiger charge is 2.37. The Morgan fingerprint density at radius 3 is 2.81 bits per heavy atom. The van der Waals surface area contributed by atoms with E-state index in [4.69, 9.17) is 4.42 Å². The van der Waals surface area contributed by atoms with Crippen molar-refractivity contribution in [1.82, 2.24) is 10.2 Å². The number of hydrogen-bond acceptors (Lipinski definition) is 3. The zero-order valence-corrected chi connectivity index (χ0v) is 13.4. The second kappa shape index (κ2) is 6.77. The molecule has 0 unspecified atom stereocenters. The molecule has 4 nitrogen and oxygen atoms in total. The Hall–Kier alpha value is -1.10. The fourth-order valence-electron chi connectivity index (χ4n) is 2.95. The van der Waals surface area contributed by atoms with Crippen LogP contribution in [0.25, 0.3) is 0 Å². The summed E-state index contributed by atoms with van der Waals surface area (Å²) >= 11 is 2.02. The fourth-order valence-corrected chi connectivity index (χ4v) is 4.15. The van der Waals surface area contributed by atoms with E-state index < -0.39 is 0 Å². The summed E-state index contributed by atoms with van der Waals surface area (Å²) in [5.41, 5.74) is 0. The van der Waals surface area contributed by atoms with E-state index in [-0.39, 0.29) is 12.1 Å². The number of thioether (sulfide) groups is 1. The summed E-state index contributed by atoms with van der Waals surface area (Å²) in [4.78, 5) is 14.5. The number of carbonyl (C=O) groups excluding carboxylic acids is 1. The van der Waals surface area contributed by atoms with Crippen molar-refractivity contribution in [1.29, 1.82) is 0 Å². The van der Waals surface area contributed by atoms with Gasteiger partial charge in [-0.25, -0.2) is 4.79 Å². The molecule has 2 amide bonds. The van der Waals surface area contributed by atoms with Crippen LogP contribution in [-0.2, 0) is 0 Å². The van der Waals surface area contributed by atoms with Gasteiger partial charge in [-0.05, 0) is 62.2 Å². The van der Waals surface area contributed by atoms with Gasteiger partial charge < -0.3 is 14.6 Å². The molecule has 1 saturated heterocycles. The van der Waals surface area contributed by atoms with Crippen LogP contribution in [0.2, 0.25) is 0 Å². The molecule has 1 N–H and O–H groups in total. The van der Waals surface area contributed by atoms with Crippen molar-refractivity contribution in [2.75, 3.05) is 18.1 Å². The van der Waals surface area contributed by atoms with Gasteiger partial charge in [0.25, 0.3) is 0 Å². The van der Waals surface area contributed by atoms with Crippen LogP contribution in [0.3, 0.4) is 0 Å². The van der Waals surface area contributed by atoms with Crippen LogP contribution in [0.5, 0.6) is 0 Å². The lowest BCUT2D eigenvalue weighted by Gasteiger charge is -2.29. The van der Waals surface area contributed by atoms with Gasteiger partial charge in [0.05, 0.1) is 12.3 Å². The first-order valence-corrected chi connectivity index (χ1v) is 9.08. The number of nitrogens with zero attached hydrogens (tertiary/aromatic N) is 1. The Morgan fingerprint density at radius 1 is 1.43 bits per heavy atom. The molecule has 0 bridgehead atoms. The summed E-state index contributed by atoms with van der Waals surface area (Å²) in [6.45, 7) is 2.86. The molecule has 21 heavy (non-hydrogen) atoms. The van der Waals surface area contributed by atoms with Crippen molar-refractivity contribution in [3.8, 4) is 0 Å². The van der Waals surface area contributed by atoms with Gasteiger partial charge in [0, 0.05) is 12.6 Å². The number of furan rings is 1. The monoisotopic (exact) mass is 308 g/mol. The summed E-state index contributed by atoms with van der Waals surface area (Å²) in [6, 6.07) is 4.29. The molecule has 3 rings (SSSR count). The lowest BCUT2D eigenvalue weighted by Crippen LogP contribution is -2.44. The van der Waals surface area contributed by atoms with Gasteiger partial charge in [-0.2, -0.15) is 11.8 Å². The molecule has 0 radical (unpaired) electrons. The molecule has 116 valence electrons. The van der Waals surface area contributed by atoms with E-state index in [2.05, 4.69) is 5.32 Å². The van der Waals surface area contributed by atoms with E-state index >= 15 is 0 Å². The first kappa shape index (κ1) is 14.8.